The van der Waals surface area contributed by atoms with E-state index in [1.54, 1.807) is 11.9 Å². The Labute approximate surface area is 126 Å². The van der Waals surface area contributed by atoms with Gasteiger partial charge in [-0.2, -0.15) is 5.21 Å². The molecule has 0 saturated carbocycles. The second-order valence-electron chi connectivity index (χ2n) is 4.86. The number of tetrazole rings is 1. The summed E-state index contributed by atoms with van der Waals surface area (Å²) in [7, 11) is 1.69. The molecule has 0 unspecified atom stereocenters. The highest BCUT2D eigenvalue weighted by Crippen LogP contribution is 2.19. The highest BCUT2D eigenvalue weighted by molar-refractivity contribution is 6.31. The van der Waals surface area contributed by atoms with Crippen LogP contribution >= 0.6 is 11.6 Å². The van der Waals surface area contributed by atoms with Crippen LogP contribution in [0.3, 0.4) is 0 Å². The van der Waals surface area contributed by atoms with Crippen molar-refractivity contribution in [2.24, 2.45) is 0 Å². The van der Waals surface area contributed by atoms with Crippen molar-refractivity contribution in [2.75, 3.05) is 13.6 Å². The van der Waals surface area contributed by atoms with Crippen LogP contribution in [0.5, 0.6) is 0 Å². The first kappa shape index (κ1) is 15.4. The summed E-state index contributed by atoms with van der Waals surface area (Å²) in [5.41, 5.74) is 0.599. The molecule has 0 aliphatic rings. The molecule has 0 spiro atoms. The van der Waals surface area contributed by atoms with Crippen LogP contribution in [-0.2, 0) is 11.2 Å². The van der Waals surface area contributed by atoms with Gasteiger partial charge in [-0.15, -0.1) is 10.2 Å². The van der Waals surface area contributed by atoms with E-state index >= 15 is 0 Å². The maximum atomic E-state index is 13.0. The van der Waals surface area contributed by atoms with Crippen molar-refractivity contribution in [1.29, 1.82) is 0 Å². The van der Waals surface area contributed by atoms with E-state index in [-0.39, 0.29) is 23.3 Å². The van der Waals surface area contributed by atoms with Crippen LogP contribution in [0, 0.1) is 5.82 Å². The molecule has 1 aromatic heterocycles. The lowest BCUT2D eigenvalue weighted by molar-refractivity contribution is -0.129. The molecule has 1 heterocycles. The number of benzene rings is 1. The van der Waals surface area contributed by atoms with Gasteiger partial charge in [0.15, 0.2) is 5.82 Å². The number of aromatic amines is 1. The van der Waals surface area contributed by atoms with Gasteiger partial charge in [-0.1, -0.05) is 29.8 Å². The summed E-state index contributed by atoms with van der Waals surface area (Å²) >= 11 is 5.92. The number of carbonyl (C=O) groups is 1. The largest absolute Gasteiger partial charge is 0.345 e. The number of halogens is 2. The Kier molecular flexibility index (Phi) is 4.85. The quantitative estimate of drug-likeness (QED) is 0.913. The number of nitrogens with one attached hydrogen (secondary N) is 1. The fourth-order valence-corrected chi connectivity index (χ4v) is 2.17. The summed E-state index contributed by atoms with van der Waals surface area (Å²) in [6.45, 7) is 2.36. The number of likely N-dealkylation sites (N-methyl/N-ethyl adjacent to an activating group) is 1. The Bertz CT molecular complexity index is 619. The number of H-pyrrole nitrogens is 1. The van der Waals surface area contributed by atoms with Gasteiger partial charge in [-0.05, 0) is 17.7 Å². The zero-order chi connectivity index (χ0) is 15.4. The molecule has 0 saturated heterocycles. The summed E-state index contributed by atoms with van der Waals surface area (Å²) in [6, 6.07) is 4.01. The number of carbonyl (C=O) groups excluding carboxylic acids is 1. The number of amides is 1. The molecule has 0 fully saturated rings. The van der Waals surface area contributed by atoms with Crippen LogP contribution < -0.4 is 0 Å². The molecule has 8 heteroatoms. The second kappa shape index (κ2) is 6.62. The Morgan fingerprint density at radius 1 is 1.52 bits per heavy atom. The van der Waals surface area contributed by atoms with Gasteiger partial charge in [0.25, 0.3) is 0 Å². The molecule has 6 nitrogen and oxygen atoms in total. The molecule has 0 aliphatic carbocycles. The van der Waals surface area contributed by atoms with Crippen LogP contribution in [-0.4, -0.2) is 45.0 Å². The van der Waals surface area contributed by atoms with E-state index in [1.807, 2.05) is 6.92 Å². The van der Waals surface area contributed by atoms with E-state index < -0.39 is 5.82 Å². The number of aromatic nitrogens is 4. The standard InChI is InChI=1S/C13H15ClFN5O/c1-8(13-16-18-19-17-13)7-20(2)12(21)5-9-3-4-10(15)6-11(9)14/h3-4,6,8H,5,7H2,1-2H3,(H,16,17,18,19)/t8-/m1/s1. The fraction of sp³-hybridized carbons (Fsp3) is 0.385. The van der Waals surface area contributed by atoms with E-state index in [9.17, 15) is 9.18 Å². The van der Waals surface area contributed by atoms with Crippen LogP contribution in [0.1, 0.15) is 24.2 Å². The van der Waals surface area contributed by atoms with Crippen molar-refractivity contribution in [1.82, 2.24) is 25.5 Å². The highest BCUT2D eigenvalue weighted by atomic mass is 35.5. The average molecular weight is 312 g/mol. The monoisotopic (exact) mass is 311 g/mol. The summed E-state index contributed by atoms with van der Waals surface area (Å²) in [5, 5.41) is 13.9. The van der Waals surface area contributed by atoms with Gasteiger partial charge in [0.05, 0.1) is 6.42 Å². The Hall–Kier alpha value is -2.02. The van der Waals surface area contributed by atoms with Gasteiger partial charge < -0.3 is 4.90 Å². The zero-order valence-corrected chi connectivity index (χ0v) is 12.4. The van der Waals surface area contributed by atoms with E-state index in [0.29, 0.717) is 17.9 Å². The molecular formula is C13H15ClFN5O. The van der Waals surface area contributed by atoms with Gasteiger partial charge in [0.1, 0.15) is 5.82 Å². The molecule has 0 aliphatic heterocycles. The molecular weight excluding hydrogens is 297 g/mol. The molecule has 2 aromatic rings. The van der Waals surface area contributed by atoms with Crippen LogP contribution in [0.25, 0.3) is 0 Å². The van der Waals surface area contributed by atoms with Gasteiger partial charge in [-0.25, -0.2) is 4.39 Å². The molecule has 2 rings (SSSR count). The van der Waals surface area contributed by atoms with Crippen molar-refractivity contribution < 1.29 is 9.18 Å². The number of hydrogen-bond acceptors (Lipinski definition) is 4. The first-order valence-electron chi connectivity index (χ1n) is 6.38. The molecule has 1 N–H and O–H groups in total. The first-order valence-corrected chi connectivity index (χ1v) is 6.76. The number of hydrogen-bond donors (Lipinski definition) is 1. The van der Waals surface area contributed by atoms with Crippen LogP contribution in [0.4, 0.5) is 4.39 Å². The predicted molar refractivity (Wildman–Crippen MR) is 75.3 cm³/mol. The SMILES string of the molecule is C[C@H](CN(C)C(=O)Cc1ccc(F)cc1Cl)c1nn[nH]n1. The van der Waals surface area contributed by atoms with E-state index in [1.165, 1.54) is 18.2 Å². The lowest BCUT2D eigenvalue weighted by Gasteiger charge is -2.20. The van der Waals surface area contributed by atoms with Gasteiger partial charge >= 0.3 is 0 Å². The van der Waals surface area contributed by atoms with E-state index in [4.69, 9.17) is 11.6 Å². The smallest absolute Gasteiger partial charge is 0.226 e. The Morgan fingerprint density at radius 3 is 2.90 bits per heavy atom. The minimum Gasteiger partial charge on any atom is -0.345 e. The summed E-state index contributed by atoms with van der Waals surface area (Å²) in [5.74, 6) is -0.0232. The molecule has 1 amide bonds. The van der Waals surface area contributed by atoms with E-state index in [0.717, 1.165) is 0 Å². The molecule has 1 aromatic carbocycles. The van der Waals surface area contributed by atoms with Crippen molar-refractivity contribution in [3.63, 3.8) is 0 Å². The van der Waals surface area contributed by atoms with Crippen molar-refractivity contribution in [3.05, 3.63) is 40.4 Å². The molecule has 21 heavy (non-hydrogen) atoms. The third kappa shape index (κ3) is 3.98. The summed E-state index contributed by atoms with van der Waals surface area (Å²) in [4.78, 5) is 13.7. The molecule has 0 radical (unpaired) electrons. The lowest BCUT2D eigenvalue weighted by atomic mass is 10.1. The number of nitrogens with zero attached hydrogens (tertiary/aromatic N) is 4. The minimum atomic E-state index is -0.421. The van der Waals surface area contributed by atoms with Crippen molar-refractivity contribution in [2.45, 2.75) is 19.3 Å². The summed E-state index contributed by atoms with van der Waals surface area (Å²) in [6.07, 6.45) is 0.120. The topological polar surface area (TPSA) is 74.8 Å². The van der Waals surface area contributed by atoms with Crippen LogP contribution in [0.2, 0.25) is 5.02 Å². The van der Waals surface area contributed by atoms with Crippen molar-refractivity contribution in [3.8, 4) is 0 Å². The lowest BCUT2D eigenvalue weighted by Crippen LogP contribution is -2.32. The first-order chi connectivity index (χ1) is 9.97. The molecule has 0 bridgehead atoms. The third-order valence-electron chi connectivity index (χ3n) is 3.13. The van der Waals surface area contributed by atoms with Crippen LogP contribution in [0.15, 0.2) is 18.2 Å². The minimum absolute atomic E-state index is 0.0404. The normalized spacial score (nSPS) is 12.2. The molecule has 112 valence electrons. The highest BCUT2D eigenvalue weighted by Gasteiger charge is 2.18. The van der Waals surface area contributed by atoms with Gasteiger partial charge in [0.2, 0.25) is 5.91 Å². The second-order valence-corrected chi connectivity index (χ2v) is 5.27. The van der Waals surface area contributed by atoms with Gasteiger partial charge in [-0.3, -0.25) is 4.79 Å². The van der Waals surface area contributed by atoms with Crippen molar-refractivity contribution >= 4 is 17.5 Å². The summed E-state index contributed by atoms with van der Waals surface area (Å²) < 4.78 is 13.0. The van der Waals surface area contributed by atoms with Gasteiger partial charge in [0, 0.05) is 24.5 Å². The Morgan fingerprint density at radius 2 is 2.29 bits per heavy atom. The third-order valence-corrected chi connectivity index (χ3v) is 3.48. The van der Waals surface area contributed by atoms with E-state index in [2.05, 4.69) is 20.6 Å². The average Bonchev–Trinajstić information content (AvgIpc) is 2.95. The maximum Gasteiger partial charge on any atom is 0.226 e. The molecule has 1 atom stereocenters. The maximum absolute atomic E-state index is 13.0. The predicted octanol–water partition coefficient (Wildman–Crippen LogP) is 1.80. The zero-order valence-electron chi connectivity index (χ0n) is 11.7. The Balaban J connectivity index is 1.96. The fourth-order valence-electron chi connectivity index (χ4n) is 1.94. The number of rotatable bonds is 5.